The number of nitrogens with zero attached hydrogens (tertiary/aromatic N) is 2. The zero-order chi connectivity index (χ0) is 20.6. The number of aromatic nitrogens is 2. The van der Waals surface area contributed by atoms with Gasteiger partial charge in [0.2, 0.25) is 5.91 Å². The highest BCUT2D eigenvalue weighted by molar-refractivity contribution is 7.99. The molecular formula is C21H19FN4O2S. The molecule has 0 aliphatic rings. The average Bonchev–Trinajstić information content (AvgIpc) is 2.73. The number of carbonyl (C=O) groups excluding carboxylic acids is 2. The Bertz CT molecular complexity index is 977. The predicted octanol–water partition coefficient (Wildman–Crippen LogP) is 3.58. The van der Waals surface area contributed by atoms with Crippen LogP contribution in [0.3, 0.4) is 0 Å². The Morgan fingerprint density at radius 3 is 2.34 bits per heavy atom. The maximum absolute atomic E-state index is 12.9. The van der Waals surface area contributed by atoms with Crippen molar-refractivity contribution in [2.24, 2.45) is 0 Å². The minimum absolute atomic E-state index is 0.169. The van der Waals surface area contributed by atoms with E-state index in [-0.39, 0.29) is 23.4 Å². The zero-order valence-electron chi connectivity index (χ0n) is 15.7. The van der Waals surface area contributed by atoms with Crippen LogP contribution >= 0.6 is 11.8 Å². The summed E-state index contributed by atoms with van der Waals surface area (Å²) in [5.74, 6) is -0.239. The van der Waals surface area contributed by atoms with Crippen LogP contribution in [0.4, 0.5) is 10.2 Å². The number of amides is 2. The Balaban J connectivity index is 1.45. The first-order chi connectivity index (χ1) is 14.0. The highest BCUT2D eigenvalue weighted by Crippen LogP contribution is 2.16. The van der Waals surface area contributed by atoms with Crippen molar-refractivity contribution in [3.8, 4) is 0 Å². The number of hydrogen-bond donors (Lipinski definition) is 2. The van der Waals surface area contributed by atoms with Gasteiger partial charge < -0.3 is 10.6 Å². The molecule has 0 aliphatic heterocycles. The minimum atomic E-state index is -0.312. The second kappa shape index (κ2) is 9.79. The molecule has 0 atom stereocenters. The molecule has 0 spiro atoms. The molecule has 8 heteroatoms. The third kappa shape index (κ3) is 6.39. The van der Waals surface area contributed by atoms with Gasteiger partial charge in [-0.1, -0.05) is 41.6 Å². The lowest BCUT2D eigenvalue weighted by Gasteiger charge is -2.06. The average molecular weight is 410 g/mol. The molecule has 1 heterocycles. The van der Waals surface area contributed by atoms with E-state index in [0.29, 0.717) is 23.0 Å². The highest BCUT2D eigenvalue weighted by atomic mass is 32.2. The number of rotatable bonds is 7. The maximum atomic E-state index is 12.9. The standard InChI is InChI=1S/C21H19FN4O2S/c1-14-2-6-16(7-3-14)21(28)24-18-10-11-20(26-25-18)29-13-19(27)23-12-15-4-8-17(22)9-5-15/h2-11H,12-13H2,1H3,(H,23,27)(H,24,25,28). The molecule has 0 unspecified atom stereocenters. The van der Waals surface area contributed by atoms with Gasteiger partial charge in [0.05, 0.1) is 5.75 Å². The second-order valence-electron chi connectivity index (χ2n) is 6.27. The van der Waals surface area contributed by atoms with Gasteiger partial charge in [0.1, 0.15) is 10.8 Å². The molecule has 0 fully saturated rings. The Labute approximate surface area is 171 Å². The molecule has 148 valence electrons. The van der Waals surface area contributed by atoms with E-state index in [1.54, 1.807) is 36.4 Å². The van der Waals surface area contributed by atoms with Gasteiger partial charge >= 0.3 is 0 Å². The number of halogens is 1. The molecule has 0 saturated carbocycles. The number of carbonyl (C=O) groups is 2. The second-order valence-corrected chi connectivity index (χ2v) is 7.26. The number of hydrogen-bond acceptors (Lipinski definition) is 5. The van der Waals surface area contributed by atoms with E-state index in [0.717, 1.165) is 11.1 Å². The molecule has 1 aromatic heterocycles. The van der Waals surface area contributed by atoms with Gasteiger partial charge in [0, 0.05) is 12.1 Å². The van der Waals surface area contributed by atoms with Crippen LogP contribution in [0.1, 0.15) is 21.5 Å². The van der Waals surface area contributed by atoms with Gasteiger partial charge in [-0.25, -0.2) is 4.39 Å². The van der Waals surface area contributed by atoms with Crippen LogP contribution in [-0.2, 0) is 11.3 Å². The lowest BCUT2D eigenvalue weighted by atomic mass is 10.1. The van der Waals surface area contributed by atoms with Crippen LogP contribution in [0, 0.1) is 12.7 Å². The molecular weight excluding hydrogens is 391 g/mol. The van der Waals surface area contributed by atoms with Crippen LogP contribution in [0.2, 0.25) is 0 Å². The zero-order valence-corrected chi connectivity index (χ0v) is 16.5. The van der Waals surface area contributed by atoms with Crippen molar-refractivity contribution in [2.45, 2.75) is 18.5 Å². The summed E-state index contributed by atoms with van der Waals surface area (Å²) >= 11 is 1.23. The van der Waals surface area contributed by atoms with Crippen LogP contribution in [0.25, 0.3) is 0 Å². The topological polar surface area (TPSA) is 84.0 Å². The summed E-state index contributed by atoms with van der Waals surface area (Å²) in [6.45, 7) is 2.28. The van der Waals surface area contributed by atoms with Gasteiger partial charge in [0.25, 0.3) is 5.91 Å². The molecule has 2 aromatic carbocycles. The number of benzene rings is 2. The van der Waals surface area contributed by atoms with E-state index in [1.807, 2.05) is 19.1 Å². The summed E-state index contributed by atoms with van der Waals surface area (Å²) in [6.07, 6.45) is 0. The summed E-state index contributed by atoms with van der Waals surface area (Å²) in [5.41, 5.74) is 2.43. The molecule has 29 heavy (non-hydrogen) atoms. The summed E-state index contributed by atoms with van der Waals surface area (Å²) in [7, 11) is 0. The van der Waals surface area contributed by atoms with Crippen LogP contribution in [0.5, 0.6) is 0 Å². The third-order valence-electron chi connectivity index (χ3n) is 3.95. The Kier molecular flexibility index (Phi) is 6.91. The first-order valence-electron chi connectivity index (χ1n) is 8.85. The number of aryl methyl sites for hydroxylation is 1. The third-order valence-corrected chi connectivity index (χ3v) is 4.87. The van der Waals surface area contributed by atoms with Crippen molar-refractivity contribution in [3.05, 3.63) is 83.2 Å². The van der Waals surface area contributed by atoms with Crippen LogP contribution in [0.15, 0.2) is 65.7 Å². The predicted molar refractivity (Wildman–Crippen MR) is 110 cm³/mol. The maximum Gasteiger partial charge on any atom is 0.256 e. The number of nitrogens with one attached hydrogen (secondary N) is 2. The molecule has 0 bridgehead atoms. The Morgan fingerprint density at radius 1 is 0.966 bits per heavy atom. The summed E-state index contributed by atoms with van der Waals surface area (Å²) in [5, 5.41) is 14.0. The first kappa shape index (κ1) is 20.5. The van der Waals surface area contributed by atoms with E-state index in [1.165, 1.54) is 23.9 Å². The van der Waals surface area contributed by atoms with Gasteiger partial charge in [-0.3, -0.25) is 9.59 Å². The van der Waals surface area contributed by atoms with E-state index >= 15 is 0 Å². The molecule has 2 N–H and O–H groups in total. The van der Waals surface area contributed by atoms with Crippen molar-refractivity contribution >= 4 is 29.4 Å². The van der Waals surface area contributed by atoms with Crippen molar-refractivity contribution in [1.29, 1.82) is 0 Å². The monoisotopic (exact) mass is 410 g/mol. The van der Waals surface area contributed by atoms with Gasteiger partial charge in [-0.05, 0) is 48.9 Å². The fourth-order valence-corrected chi connectivity index (χ4v) is 2.99. The number of anilines is 1. The fourth-order valence-electron chi connectivity index (χ4n) is 2.35. The Hall–Kier alpha value is -3.26. The van der Waals surface area contributed by atoms with Crippen molar-refractivity contribution in [1.82, 2.24) is 15.5 Å². The van der Waals surface area contributed by atoms with E-state index in [2.05, 4.69) is 20.8 Å². The smallest absolute Gasteiger partial charge is 0.256 e. The first-order valence-corrected chi connectivity index (χ1v) is 9.84. The van der Waals surface area contributed by atoms with Crippen LogP contribution < -0.4 is 10.6 Å². The molecule has 3 rings (SSSR count). The quantitative estimate of drug-likeness (QED) is 0.582. The van der Waals surface area contributed by atoms with E-state index in [4.69, 9.17) is 0 Å². The van der Waals surface area contributed by atoms with Crippen molar-refractivity contribution in [2.75, 3.05) is 11.1 Å². The normalized spacial score (nSPS) is 10.4. The molecule has 0 aliphatic carbocycles. The summed E-state index contributed by atoms with van der Waals surface area (Å²) in [6, 6.07) is 16.5. The summed E-state index contributed by atoms with van der Waals surface area (Å²) < 4.78 is 12.9. The summed E-state index contributed by atoms with van der Waals surface area (Å²) in [4.78, 5) is 24.1. The van der Waals surface area contributed by atoms with E-state index < -0.39 is 0 Å². The fraction of sp³-hybridized carbons (Fsp3) is 0.143. The SMILES string of the molecule is Cc1ccc(C(=O)Nc2ccc(SCC(=O)NCc3ccc(F)cc3)nn2)cc1. The molecule has 0 radical (unpaired) electrons. The minimum Gasteiger partial charge on any atom is -0.351 e. The molecule has 3 aromatic rings. The van der Waals surface area contributed by atoms with Gasteiger partial charge in [0.15, 0.2) is 5.82 Å². The lowest BCUT2D eigenvalue weighted by molar-refractivity contribution is -0.118. The Morgan fingerprint density at radius 2 is 1.69 bits per heavy atom. The highest BCUT2D eigenvalue weighted by Gasteiger charge is 2.08. The molecule has 2 amide bonds. The molecule has 6 nitrogen and oxygen atoms in total. The molecule has 0 saturated heterocycles. The van der Waals surface area contributed by atoms with Crippen LogP contribution in [-0.4, -0.2) is 27.8 Å². The van der Waals surface area contributed by atoms with E-state index in [9.17, 15) is 14.0 Å². The largest absolute Gasteiger partial charge is 0.351 e. The van der Waals surface area contributed by atoms with Gasteiger partial charge in [-0.2, -0.15) is 0 Å². The van der Waals surface area contributed by atoms with Gasteiger partial charge in [-0.15, -0.1) is 10.2 Å². The number of thioether (sulfide) groups is 1. The lowest BCUT2D eigenvalue weighted by Crippen LogP contribution is -2.24. The van der Waals surface area contributed by atoms with Crippen molar-refractivity contribution in [3.63, 3.8) is 0 Å². The van der Waals surface area contributed by atoms with Crippen molar-refractivity contribution < 1.29 is 14.0 Å².